The van der Waals surface area contributed by atoms with E-state index in [0.717, 1.165) is 0 Å². The number of benzene rings is 1. The Labute approximate surface area is 147 Å². The Morgan fingerprint density at radius 2 is 1.92 bits per heavy atom. The molecule has 138 valence electrons. The molecule has 0 spiro atoms. The van der Waals surface area contributed by atoms with E-state index in [-0.39, 0.29) is 18.1 Å². The summed E-state index contributed by atoms with van der Waals surface area (Å²) in [6, 6.07) is 5.54. The summed E-state index contributed by atoms with van der Waals surface area (Å²) in [4.78, 5) is 14.4. The second kappa shape index (κ2) is 7.80. The van der Waals surface area contributed by atoms with Crippen molar-refractivity contribution < 1.29 is 22.3 Å². The molecular weight excluding hydrogens is 347 g/mol. The summed E-state index contributed by atoms with van der Waals surface area (Å²) in [5.41, 5.74) is 0.376. The molecule has 0 aromatic heterocycles. The van der Waals surface area contributed by atoms with Crippen molar-refractivity contribution in [1.29, 1.82) is 0 Å². The number of carbonyl (C=O) groups is 1. The molecule has 8 heteroatoms. The molecule has 2 fully saturated rings. The van der Waals surface area contributed by atoms with E-state index in [4.69, 9.17) is 4.74 Å². The standard InChI is InChI=1S/C17H23FN2O4S/c18-15-5-2-1-4-14(15)7-13-25(22,23)20-8-3-6-16(20)17(21)19-9-11-24-12-10-19/h1-2,4-5,16H,3,6-13H2/t16-/m0/s1. The molecule has 2 aliphatic heterocycles. The van der Waals surface area contributed by atoms with Crippen molar-refractivity contribution in [3.05, 3.63) is 35.6 Å². The molecule has 6 nitrogen and oxygen atoms in total. The van der Waals surface area contributed by atoms with Crippen LogP contribution in [0.4, 0.5) is 4.39 Å². The van der Waals surface area contributed by atoms with Gasteiger partial charge in [0.2, 0.25) is 15.9 Å². The Morgan fingerprint density at radius 1 is 1.20 bits per heavy atom. The zero-order valence-corrected chi connectivity index (χ0v) is 14.9. The van der Waals surface area contributed by atoms with Crippen LogP contribution in [0, 0.1) is 5.82 Å². The van der Waals surface area contributed by atoms with Crippen LogP contribution in [0.15, 0.2) is 24.3 Å². The number of hydrogen-bond donors (Lipinski definition) is 0. The first-order valence-corrected chi connectivity index (χ1v) is 10.2. The van der Waals surface area contributed by atoms with Gasteiger partial charge in [0.1, 0.15) is 11.9 Å². The zero-order valence-electron chi connectivity index (χ0n) is 14.1. The molecule has 0 saturated carbocycles. The van der Waals surface area contributed by atoms with E-state index < -0.39 is 21.9 Å². The fraction of sp³-hybridized carbons (Fsp3) is 0.588. The van der Waals surface area contributed by atoms with Crippen LogP contribution in [-0.2, 0) is 26.0 Å². The van der Waals surface area contributed by atoms with Crippen LogP contribution in [0.5, 0.6) is 0 Å². The minimum atomic E-state index is -3.62. The smallest absolute Gasteiger partial charge is 0.241 e. The summed E-state index contributed by atoms with van der Waals surface area (Å²) < 4.78 is 45.7. The third-order valence-corrected chi connectivity index (χ3v) is 6.63. The molecule has 0 unspecified atom stereocenters. The minimum Gasteiger partial charge on any atom is -0.378 e. The molecule has 1 amide bonds. The van der Waals surface area contributed by atoms with Crippen LogP contribution in [0.2, 0.25) is 0 Å². The summed E-state index contributed by atoms with van der Waals surface area (Å²) in [6.45, 7) is 2.31. The average molecular weight is 370 g/mol. The molecule has 0 N–H and O–H groups in total. The van der Waals surface area contributed by atoms with Crippen molar-refractivity contribution in [2.24, 2.45) is 0 Å². The predicted octanol–water partition coefficient (Wildman–Crippen LogP) is 1.02. The zero-order chi connectivity index (χ0) is 17.9. The lowest BCUT2D eigenvalue weighted by atomic mass is 10.2. The quantitative estimate of drug-likeness (QED) is 0.776. The molecule has 2 saturated heterocycles. The molecule has 25 heavy (non-hydrogen) atoms. The molecule has 2 aliphatic rings. The summed E-state index contributed by atoms with van der Waals surface area (Å²) in [5.74, 6) is -0.740. The Bertz CT molecular complexity index is 719. The lowest BCUT2D eigenvalue weighted by Gasteiger charge is -2.32. The third kappa shape index (κ3) is 4.19. The highest BCUT2D eigenvalue weighted by atomic mass is 32.2. The summed E-state index contributed by atoms with van der Waals surface area (Å²) in [6.07, 6.45) is 1.30. The van der Waals surface area contributed by atoms with Crippen molar-refractivity contribution in [2.45, 2.75) is 25.3 Å². The molecule has 1 aromatic carbocycles. The van der Waals surface area contributed by atoms with E-state index in [2.05, 4.69) is 0 Å². The summed E-state index contributed by atoms with van der Waals surface area (Å²) >= 11 is 0. The lowest BCUT2D eigenvalue weighted by molar-refractivity contribution is -0.138. The van der Waals surface area contributed by atoms with E-state index in [0.29, 0.717) is 51.3 Å². The second-order valence-corrected chi connectivity index (χ2v) is 8.40. The first kappa shape index (κ1) is 18.3. The molecule has 1 atom stereocenters. The fourth-order valence-corrected chi connectivity index (χ4v) is 5.07. The van der Waals surface area contributed by atoms with Gasteiger partial charge >= 0.3 is 0 Å². The van der Waals surface area contributed by atoms with Gasteiger partial charge in [0.15, 0.2) is 0 Å². The highest BCUT2D eigenvalue weighted by Crippen LogP contribution is 2.24. The van der Waals surface area contributed by atoms with Crippen molar-refractivity contribution in [1.82, 2.24) is 9.21 Å². The molecule has 1 aromatic rings. The number of halogens is 1. The van der Waals surface area contributed by atoms with Crippen LogP contribution >= 0.6 is 0 Å². The second-order valence-electron chi connectivity index (χ2n) is 6.36. The largest absolute Gasteiger partial charge is 0.378 e. The van der Waals surface area contributed by atoms with Gasteiger partial charge in [0.05, 0.1) is 19.0 Å². The van der Waals surface area contributed by atoms with Gasteiger partial charge in [-0.05, 0) is 30.9 Å². The maximum absolute atomic E-state index is 13.7. The van der Waals surface area contributed by atoms with Crippen LogP contribution < -0.4 is 0 Å². The van der Waals surface area contributed by atoms with E-state index >= 15 is 0 Å². The Morgan fingerprint density at radius 3 is 2.64 bits per heavy atom. The Kier molecular flexibility index (Phi) is 5.71. The van der Waals surface area contributed by atoms with Gasteiger partial charge in [0, 0.05) is 19.6 Å². The van der Waals surface area contributed by atoms with Gasteiger partial charge in [-0.2, -0.15) is 4.31 Å². The SMILES string of the molecule is O=C([C@@H]1CCCN1S(=O)(=O)CCc1ccccc1F)N1CCOCC1. The van der Waals surface area contributed by atoms with Crippen molar-refractivity contribution in [3.8, 4) is 0 Å². The van der Waals surface area contributed by atoms with Gasteiger partial charge in [-0.25, -0.2) is 12.8 Å². The van der Waals surface area contributed by atoms with Gasteiger partial charge in [-0.3, -0.25) is 4.79 Å². The Balaban J connectivity index is 1.67. The van der Waals surface area contributed by atoms with E-state index in [1.54, 1.807) is 23.1 Å². The number of rotatable bonds is 5. The normalized spacial score (nSPS) is 22.3. The van der Waals surface area contributed by atoms with E-state index in [1.165, 1.54) is 10.4 Å². The molecule has 0 aliphatic carbocycles. The highest BCUT2D eigenvalue weighted by Gasteiger charge is 2.40. The lowest BCUT2D eigenvalue weighted by Crippen LogP contribution is -2.51. The molecular formula is C17H23FN2O4S. The maximum Gasteiger partial charge on any atom is 0.241 e. The number of nitrogens with zero attached hydrogens (tertiary/aromatic N) is 2. The number of carbonyl (C=O) groups excluding carboxylic acids is 1. The van der Waals surface area contributed by atoms with E-state index in [9.17, 15) is 17.6 Å². The van der Waals surface area contributed by atoms with Gasteiger partial charge in [-0.1, -0.05) is 18.2 Å². The summed E-state index contributed by atoms with van der Waals surface area (Å²) in [7, 11) is -3.62. The molecule has 0 radical (unpaired) electrons. The van der Waals surface area contributed by atoms with Crippen LogP contribution in [-0.4, -0.2) is 68.2 Å². The molecule has 3 rings (SSSR count). The van der Waals surface area contributed by atoms with Crippen molar-refractivity contribution >= 4 is 15.9 Å². The van der Waals surface area contributed by atoms with Gasteiger partial charge in [0.25, 0.3) is 0 Å². The van der Waals surface area contributed by atoms with Gasteiger partial charge in [-0.15, -0.1) is 0 Å². The number of aryl methyl sites for hydroxylation is 1. The van der Waals surface area contributed by atoms with Crippen molar-refractivity contribution in [3.63, 3.8) is 0 Å². The first-order valence-electron chi connectivity index (χ1n) is 8.58. The van der Waals surface area contributed by atoms with E-state index in [1.807, 2.05) is 0 Å². The highest BCUT2D eigenvalue weighted by molar-refractivity contribution is 7.89. The van der Waals surface area contributed by atoms with Crippen LogP contribution in [0.3, 0.4) is 0 Å². The number of hydrogen-bond acceptors (Lipinski definition) is 4. The fourth-order valence-electron chi connectivity index (χ4n) is 3.37. The topological polar surface area (TPSA) is 66.9 Å². The van der Waals surface area contributed by atoms with Crippen molar-refractivity contribution in [2.75, 3.05) is 38.6 Å². The summed E-state index contributed by atoms with van der Waals surface area (Å²) in [5, 5.41) is 0. The first-order chi connectivity index (χ1) is 12.0. The number of amides is 1. The maximum atomic E-state index is 13.7. The molecule has 0 bridgehead atoms. The van der Waals surface area contributed by atoms with Gasteiger partial charge < -0.3 is 9.64 Å². The van der Waals surface area contributed by atoms with Crippen LogP contribution in [0.25, 0.3) is 0 Å². The number of sulfonamides is 1. The minimum absolute atomic E-state index is 0.101. The third-order valence-electron chi connectivity index (χ3n) is 4.76. The number of morpholine rings is 1. The predicted molar refractivity (Wildman–Crippen MR) is 91.0 cm³/mol. The van der Waals surface area contributed by atoms with Crippen LogP contribution in [0.1, 0.15) is 18.4 Å². The number of ether oxygens (including phenoxy) is 1. The average Bonchev–Trinajstić information content (AvgIpc) is 3.12. The molecule has 2 heterocycles. The monoisotopic (exact) mass is 370 g/mol. The Hall–Kier alpha value is -1.51.